The van der Waals surface area contributed by atoms with Gasteiger partial charge in [-0.2, -0.15) is 0 Å². The summed E-state index contributed by atoms with van der Waals surface area (Å²) in [5.41, 5.74) is 3.19. The van der Waals surface area contributed by atoms with E-state index < -0.39 is 0 Å². The summed E-state index contributed by atoms with van der Waals surface area (Å²) < 4.78 is 5.40. The van der Waals surface area contributed by atoms with E-state index in [-0.39, 0.29) is 5.75 Å². The number of ether oxygens (including phenoxy) is 1. The number of hydrogen-bond acceptors (Lipinski definition) is 3. The third-order valence-corrected chi connectivity index (χ3v) is 3.33. The Labute approximate surface area is 113 Å². The number of benzene rings is 2. The van der Waals surface area contributed by atoms with Crippen molar-refractivity contribution in [3.8, 4) is 16.9 Å². The van der Waals surface area contributed by atoms with Crippen LogP contribution in [0.3, 0.4) is 0 Å². The molecule has 2 aromatic rings. The van der Waals surface area contributed by atoms with E-state index in [4.69, 9.17) is 4.74 Å². The van der Waals surface area contributed by atoms with E-state index >= 15 is 0 Å². The van der Waals surface area contributed by atoms with Gasteiger partial charge in [0.1, 0.15) is 5.75 Å². The molecule has 1 aliphatic heterocycles. The van der Waals surface area contributed by atoms with Gasteiger partial charge in [0.15, 0.2) is 0 Å². The second-order valence-electron chi connectivity index (χ2n) is 4.58. The van der Waals surface area contributed by atoms with Gasteiger partial charge in [0.2, 0.25) is 0 Å². The molecule has 1 N–H and O–H groups in total. The molecular weight excluding hydrogens is 238 g/mol. The van der Waals surface area contributed by atoms with Crippen LogP contribution in [-0.2, 0) is 4.74 Å². The Balaban J connectivity index is 2.01. The average molecular weight is 254 g/mol. The first-order chi connectivity index (χ1) is 9.34. The number of rotatable bonds is 2. The maximum absolute atomic E-state index is 9.62. The van der Waals surface area contributed by atoms with E-state index in [9.17, 15) is 5.11 Å². The van der Waals surface area contributed by atoms with Gasteiger partial charge in [-0.1, -0.05) is 24.3 Å². The second kappa shape index (κ2) is 5.33. The highest BCUT2D eigenvalue weighted by Crippen LogP contribution is 2.32. The normalized spacial score (nSPS) is 15.5. The van der Waals surface area contributed by atoms with E-state index in [1.165, 1.54) is 5.69 Å². The lowest BCUT2D eigenvalue weighted by Crippen LogP contribution is -2.36. The summed E-state index contributed by atoms with van der Waals surface area (Å²) >= 11 is 0. The molecule has 0 aromatic heterocycles. The van der Waals surface area contributed by atoms with Crippen LogP contribution in [0.25, 0.3) is 11.1 Å². The number of anilines is 1. The molecule has 1 radical (unpaired) electrons. The molecule has 0 saturated carbocycles. The van der Waals surface area contributed by atoms with Crippen molar-refractivity contribution in [2.75, 3.05) is 31.2 Å². The summed E-state index contributed by atoms with van der Waals surface area (Å²) in [5.74, 6) is 0.269. The minimum Gasteiger partial charge on any atom is -0.508 e. The Morgan fingerprint density at radius 1 is 1.11 bits per heavy atom. The summed E-state index contributed by atoms with van der Waals surface area (Å²) in [5, 5.41) is 9.62. The molecule has 19 heavy (non-hydrogen) atoms. The number of aromatic hydroxyl groups is 1. The topological polar surface area (TPSA) is 32.7 Å². The maximum Gasteiger partial charge on any atom is 0.116 e. The van der Waals surface area contributed by atoms with E-state index in [1.54, 1.807) is 18.2 Å². The fraction of sp³-hybridized carbons (Fsp3) is 0.250. The Hall–Kier alpha value is -2.00. The van der Waals surface area contributed by atoms with Crippen molar-refractivity contribution in [1.82, 2.24) is 0 Å². The van der Waals surface area contributed by atoms with Crippen LogP contribution >= 0.6 is 0 Å². The van der Waals surface area contributed by atoms with Crippen LogP contribution < -0.4 is 4.90 Å². The van der Waals surface area contributed by atoms with Gasteiger partial charge in [-0.25, -0.2) is 0 Å². The molecule has 97 valence electrons. The number of hydrogen-bond donors (Lipinski definition) is 1. The van der Waals surface area contributed by atoms with E-state index in [0.29, 0.717) is 0 Å². The Bertz CT molecular complexity index is 562. The molecule has 3 nitrogen and oxygen atoms in total. The van der Waals surface area contributed by atoms with Crippen molar-refractivity contribution >= 4 is 5.69 Å². The van der Waals surface area contributed by atoms with Crippen molar-refractivity contribution in [2.45, 2.75) is 0 Å². The van der Waals surface area contributed by atoms with Crippen LogP contribution in [-0.4, -0.2) is 31.4 Å². The SMILES string of the molecule is Oc1cc[c]c(-c2ccccc2N2CCOCC2)c1. The molecule has 1 fully saturated rings. The molecule has 1 heterocycles. The van der Waals surface area contributed by atoms with Crippen molar-refractivity contribution in [3.05, 3.63) is 48.5 Å². The standard InChI is InChI=1S/C16H16NO2/c18-14-5-3-4-13(12-14)15-6-1-2-7-16(15)17-8-10-19-11-9-17/h1-3,5-7,12,18H,8-11H2. The fourth-order valence-electron chi connectivity index (χ4n) is 2.39. The third kappa shape index (κ3) is 2.56. The first-order valence-corrected chi connectivity index (χ1v) is 6.47. The minimum absolute atomic E-state index is 0.269. The highest BCUT2D eigenvalue weighted by molar-refractivity contribution is 5.79. The van der Waals surface area contributed by atoms with Crippen molar-refractivity contribution in [1.29, 1.82) is 0 Å². The lowest BCUT2D eigenvalue weighted by Gasteiger charge is -2.30. The highest BCUT2D eigenvalue weighted by Gasteiger charge is 2.15. The lowest BCUT2D eigenvalue weighted by atomic mass is 10.0. The zero-order valence-corrected chi connectivity index (χ0v) is 10.7. The number of phenols is 1. The maximum atomic E-state index is 9.62. The summed E-state index contributed by atoms with van der Waals surface area (Å²) in [7, 11) is 0. The van der Waals surface area contributed by atoms with Gasteiger partial charge in [-0.15, -0.1) is 0 Å². The van der Waals surface area contributed by atoms with Crippen LogP contribution in [0.5, 0.6) is 5.75 Å². The molecule has 0 unspecified atom stereocenters. The largest absolute Gasteiger partial charge is 0.508 e. The molecular formula is C16H16NO2. The fourth-order valence-corrected chi connectivity index (χ4v) is 2.39. The van der Waals surface area contributed by atoms with Crippen LogP contribution in [0.4, 0.5) is 5.69 Å². The van der Waals surface area contributed by atoms with Crippen molar-refractivity contribution in [2.24, 2.45) is 0 Å². The second-order valence-corrected chi connectivity index (χ2v) is 4.58. The monoisotopic (exact) mass is 254 g/mol. The highest BCUT2D eigenvalue weighted by atomic mass is 16.5. The third-order valence-electron chi connectivity index (χ3n) is 3.33. The summed E-state index contributed by atoms with van der Waals surface area (Å²) in [6, 6.07) is 16.6. The molecule has 0 spiro atoms. The van der Waals surface area contributed by atoms with Gasteiger partial charge in [-0.05, 0) is 29.8 Å². The predicted octanol–water partition coefficient (Wildman–Crippen LogP) is 2.70. The smallest absolute Gasteiger partial charge is 0.116 e. The molecule has 0 amide bonds. The molecule has 0 aliphatic carbocycles. The molecule has 1 saturated heterocycles. The zero-order chi connectivity index (χ0) is 13.1. The number of para-hydroxylation sites is 1. The molecule has 3 rings (SSSR count). The molecule has 3 heteroatoms. The molecule has 2 aromatic carbocycles. The average Bonchev–Trinajstić information content (AvgIpc) is 2.48. The molecule has 0 atom stereocenters. The number of nitrogens with zero attached hydrogens (tertiary/aromatic N) is 1. The summed E-state index contributed by atoms with van der Waals surface area (Å²) in [4.78, 5) is 2.32. The van der Waals surface area contributed by atoms with Crippen LogP contribution in [0.15, 0.2) is 42.5 Å². The Kier molecular flexibility index (Phi) is 3.38. The minimum atomic E-state index is 0.269. The van der Waals surface area contributed by atoms with Gasteiger partial charge in [0, 0.05) is 24.3 Å². The predicted molar refractivity (Wildman–Crippen MR) is 75.4 cm³/mol. The summed E-state index contributed by atoms with van der Waals surface area (Å²) in [6.07, 6.45) is 0. The Morgan fingerprint density at radius 2 is 1.89 bits per heavy atom. The quantitative estimate of drug-likeness (QED) is 0.894. The first kappa shape index (κ1) is 12.1. The van der Waals surface area contributed by atoms with E-state index in [1.807, 2.05) is 12.1 Å². The zero-order valence-electron chi connectivity index (χ0n) is 10.7. The van der Waals surface area contributed by atoms with Gasteiger partial charge in [0.25, 0.3) is 0 Å². The van der Waals surface area contributed by atoms with Gasteiger partial charge in [0.05, 0.1) is 13.2 Å². The van der Waals surface area contributed by atoms with E-state index in [0.717, 1.165) is 37.4 Å². The van der Waals surface area contributed by atoms with Crippen LogP contribution in [0.2, 0.25) is 0 Å². The van der Waals surface area contributed by atoms with Gasteiger partial charge >= 0.3 is 0 Å². The van der Waals surface area contributed by atoms with Gasteiger partial charge in [-0.3, -0.25) is 0 Å². The first-order valence-electron chi connectivity index (χ1n) is 6.47. The Morgan fingerprint density at radius 3 is 2.68 bits per heavy atom. The van der Waals surface area contributed by atoms with Crippen LogP contribution in [0, 0.1) is 6.07 Å². The van der Waals surface area contributed by atoms with Gasteiger partial charge < -0.3 is 14.7 Å². The summed E-state index contributed by atoms with van der Waals surface area (Å²) in [6.45, 7) is 3.32. The number of morpholine rings is 1. The van der Waals surface area contributed by atoms with Crippen LogP contribution in [0.1, 0.15) is 0 Å². The van der Waals surface area contributed by atoms with E-state index in [2.05, 4.69) is 23.1 Å². The van der Waals surface area contributed by atoms with Crippen molar-refractivity contribution in [3.63, 3.8) is 0 Å². The number of phenolic OH excluding ortho intramolecular Hbond substituents is 1. The molecule has 1 aliphatic rings. The van der Waals surface area contributed by atoms with Crippen molar-refractivity contribution < 1.29 is 9.84 Å². The molecule has 0 bridgehead atoms. The lowest BCUT2D eigenvalue weighted by molar-refractivity contribution is 0.123.